The van der Waals surface area contributed by atoms with Gasteiger partial charge in [0.05, 0.1) is 13.3 Å². The zero-order valence-corrected chi connectivity index (χ0v) is 13.8. The monoisotopic (exact) mass is 325 g/mol. The van der Waals surface area contributed by atoms with Gasteiger partial charge in [0, 0.05) is 5.69 Å². The van der Waals surface area contributed by atoms with Crippen LogP contribution in [0, 0.1) is 13.8 Å². The van der Waals surface area contributed by atoms with E-state index in [1.54, 1.807) is 37.4 Å². The van der Waals surface area contributed by atoms with Crippen molar-refractivity contribution in [3.8, 4) is 5.75 Å². The summed E-state index contributed by atoms with van der Waals surface area (Å²) in [5.41, 5.74) is 5.53. The van der Waals surface area contributed by atoms with E-state index in [4.69, 9.17) is 4.74 Å². The second kappa shape index (κ2) is 7.92. The molecule has 0 spiro atoms. The lowest BCUT2D eigenvalue weighted by atomic mass is 10.1. The number of hydrazone groups is 1. The topological polar surface area (TPSA) is 79.8 Å². The first kappa shape index (κ1) is 17.2. The smallest absolute Gasteiger partial charge is 0.329 e. The lowest BCUT2D eigenvalue weighted by Gasteiger charge is -2.09. The van der Waals surface area contributed by atoms with Gasteiger partial charge in [0.15, 0.2) is 0 Å². The number of methoxy groups -OCH3 is 1. The van der Waals surface area contributed by atoms with Crippen LogP contribution < -0.4 is 15.5 Å². The van der Waals surface area contributed by atoms with Crippen molar-refractivity contribution in [2.24, 2.45) is 5.10 Å². The zero-order valence-electron chi connectivity index (χ0n) is 13.8. The SMILES string of the molecule is COc1ccc(/C=N\NC(=O)C(=O)Nc2cccc(C)c2C)cc1. The maximum Gasteiger partial charge on any atom is 0.329 e. The second-order valence-electron chi connectivity index (χ2n) is 5.17. The number of benzene rings is 2. The van der Waals surface area contributed by atoms with E-state index in [9.17, 15) is 9.59 Å². The first-order valence-corrected chi connectivity index (χ1v) is 7.36. The Kier molecular flexibility index (Phi) is 5.68. The summed E-state index contributed by atoms with van der Waals surface area (Å²) in [6.45, 7) is 3.81. The van der Waals surface area contributed by atoms with Crippen molar-refractivity contribution in [1.82, 2.24) is 5.43 Å². The van der Waals surface area contributed by atoms with Crippen molar-refractivity contribution in [3.05, 3.63) is 59.2 Å². The fraction of sp³-hybridized carbons (Fsp3) is 0.167. The van der Waals surface area contributed by atoms with Crippen molar-refractivity contribution in [1.29, 1.82) is 0 Å². The molecule has 2 aromatic rings. The number of nitrogens with zero attached hydrogens (tertiary/aromatic N) is 1. The van der Waals surface area contributed by atoms with Gasteiger partial charge in [-0.25, -0.2) is 5.43 Å². The van der Waals surface area contributed by atoms with E-state index >= 15 is 0 Å². The number of hydrogen-bond donors (Lipinski definition) is 2. The molecule has 2 amide bonds. The number of carbonyl (C=O) groups is 2. The van der Waals surface area contributed by atoms with E-state index in [0.29, 0.717) is 5.69 Å². The van der Waals surface area contributed by atoms with Crippen LogP contribution in [0.5, 0.6) is 5.75 Å². The number of anilines is 1. The fourth-order valence-electron chi connectivity index (χ4n) is 1.97. The van der Waals surface area contributed by atoms with Gasteiger partial charge >= 0.3 is 11.8 Å². The van der Waals surface area contributed by atoms with Crippen LogP contribution in [0.1, 0.15) is 16.7 Å². The van der Waals surface area contributed by atoms with Gasteiger partial charge in [-0.05, 0) is 60.9 Å². The van der Waals surface area contributed by atoms with Crippen molar-refractivity contribution in [2.45, 2.75) is 13.8 Å². The molecule has 2 rings (SSSR count). The fourth-order valence-corrected chi connectivity index (χ4v) is 1.97. The normalized spacial score (nSPS) is 10.5. The van der Waals surface area contributed by atoms with Crippen LogP contribution in [0.15, 0.2) is 47.6 Å². The minimum Gasteiger partial charge on any atom is -0.497 e. The third-order valence-electron chi connectivity index (χ3n) is 3.55. The lowest BCUT2D eigenvalue weighted by molar-refractivity contribution is -0.136. The minimum absolute atomic E-state index is 0.606. The van der Waals surface area contributed by atoms with Crippen LogP contribution in [-0.4, -0.2) is 25.1 Å². The standard InChI is InChI=1S/C18H19N3O3/c1-12-5-4-6-16(13(12)2)20-17(22)18(23)21-19-11-14-7-9-15(24-3)10-8-14/h4-11H,1-3H3,(H,20,22)(H,21,23)/b19-11-. The molecule has 0 aromatic heterocycles. The molecule has 0 bridgehead atoms. The van der Waals surface area contributed by atoms with Gasteiger partial charge < -0.3 is 10.1 Å². The largest absolute Gasteiger partial charge is 0.497 e. The maximum atomic E-state index is 11.9. The Labute approximate surface area is 140 Å². The number of carbonyl (C=O) groups excluding carboxylic acids is 2. The van der Waals surface area contributed by atoms with Crippen LogP contribution in [0.25, 0.3) is 0 Å². The third-order valence-corrected chi connectivity index (χ3v) is 3.55. The molecular weight excluding hydrogens is 306 g/mol. The summed E-state index contributed by atoms with van der Waals surface area (Å²) in [5, 5.41) is 6.35. The minimum atomic E-state index is -0.833. The predicted octanol–water partition coefficient (Wildman–Crippen LogP) is 2.40. The highest BCUT2D eigenvalue weighted by Crippen LogP contribution is 2.17. The third kappa shape index (κ3) is 4.42. The molecule has 0 heterocycles. The summed E-state index contributed by atoms with van der Waals surface area (Å²) in [6, 6.07) is 12.6. The van der Waals surface area contributed by atoms with Crippen molar-refractivity contribution in [2.75, 3.05) is 12.4 Å². The molecular formula is C18H19N3O3. The summed E-state index contributed by atoms with van der Waals surface area (Å²) in [5.74, 6) is -0.875. The molecule has 2 N–H and O–H groups in total. The first-order valence-electron chi connectivity index (χ1n) is 7.36. The first-order chi connectivity index (χ1) is 11.5. The molecule has 6 nitrogen and oxygen atoms in total. The Hall–Kier alpha value is -3.15. The van der Waals surface area contributed by atoms with Crippen molar-refractivity contribution >= 4 is 23.7 Å². The zero-order chi connectivity index (χ0) is 17.5. The summed E-state index contributed by atoms with van der Waals surface area (Å²) in [7, 11) is 1.58. The summed E-state index contributed by atoms with van der Waals surface area (Å²) in [4.78, 5) is 23.7. The van der Waals surface area contributed by atoms with Gasteiger partial charge in [0.2, 0.25) is 0 Å². The molecule has 0 saturated carbocycles. The molecule has 0 atom stereocenters. The van der Waals surface area contributed by atoms with Gasteiger partial charge in [-0.2, -0.15) is 5.10 Å². The Morgan fingerprint density at radius 3 is 2.42 bits per heavy atom. The highest BCUT2D eigenvalue weighted by atomic mass is 16.5. The van der Waals surface area contributed by atoms with Crippen molar-refractivity contribution in [3.63, 3.8) is 0 Å². The Bertz CT molecular complexity index is 768. The van der Waals surface area contributed by atoms with Gasteiger partial charge in [0.25, 0.3) is 0 Å². The molecule has 0 aliphatic carbocycles. The second-order valence-corrected chi connectivity index (χ2v) is 5.17. The quantitative estimate of drug-likeness (QED) is 0.515. The van der Waals surface area contributed by atoms with Gasteiger partial charge in [-0.15, -0.1) is 0 Å². The Morgan fingerprint density at radius 1 is 1.04 bits per heavy atom. The van der Waals surface area contributed by atoms with Crippen LogP contribution in [-0.2, 0) is 9.59 Å². The summed E-state index contributed by atoms with van der Waals surface area (Å²) >= 11 is 0. The molecule has 0 unspecified atom stereocenters. The number of rotatable bonds is 4. The van der Waals surface area contributed by atoms with Gasteiger partial charge in [0.1, 0.15) is 5.75 Å². The highest BCUT2D eigenvalue weighted by molar-refractivity contribution is 6.39. The molecule has 0 fully saturated rings. The number of hydrogen-bond acceptors (Lipinski definition) is 4. The van der Waals surface area contributed by atoms with E-state index in [1.165, 1.54) is 6.21 Å². The van der Waals surface area contributed by atoms with Gasteiger partial charge in [-0.3, -0.25) is 9.59 Å². The molecule has 24 heavy (non-hydrogen) atoms. The molecule has 0 saturated heterocycles. The molecule has 6 heteroatoms. The molecule has 0 aliphatic rings. The van der Waals surface area contributed by atoms with E-state index in [1.807, 2.05) is 26.0 Å². The van der Waals surface area contributed by atoms with Crippen LogP contribution in [0.2, 0.25) is 0 Å². The van der Waals surface area contributed by atoms with E-state index in [0.717, 1.165) is 22.4 Å². The Morgan fingerprint density at radius 2 is 1.75 bits per heavy atom. The molecule has 0 radical (unpaired) electrons. The van der Waals surface area contributed by atoms with Crippen LogP contribution in [0.4, 0.5) is 5.69 Å². The molecule has 0 aliphatic heterocycles. The number of nitrogens with one attached hydrogen (secondary N) is 2. The average molecular weight is 325 g/mol. The van der Waals surface area contributed by atoms with E-state index < -0.39 is 11.8 Å². The maximum absolute atomic E-state index is 11.9. The molecule has 2 aromatic carbocycles. The van der Waals surface area contributed by atoms with E-state index in [2.05, 4.69) is 15.8 Å². The van der Waals surface area contributed by atoms with Crippen LogP contribution in [0.3, 0.4) is 0 Å². The van der Waals surface area contributed by atoms with Crippen LogP contribution >= 0.6 is 0 Å². The predicted molar refractivity (Wildman–Crippen MR) is 93.3 cm³/mol. The van der Waals surface area contributed by atoms with E-state index in [-0.39, 0.29) is 0 Å². The summed E-state index contributed by atoms with van der Waals surface area (Å²) in [6.07, 6.45) is 1.45. The number of amides is 2. The number of aryl methyl sites for hydroxylation is 1. The Balaban J connectivity index is 1.92. The van der Waals surface area contributed by atoms with Crippen molar-refractivity contribution < 1.29 is 14.3 Å². The summed E-state index contributed by atoms with van der Waals surface area (Å²) < 4.78 is 5.05. The molecule has 124 valence electrons. The highest BCUT2D eigenvalue weighted by Gasteiger charge is 2.14. The average Bonchev–Trinajstić information content (AvgIpc) is 2.59. The van der Waals surface area contributed by atoms with Gasteiger partial charge in [-0.1, -0.05) is 12.1 Å². The lowest BCUT2D eigenvalue weighted by Crippen LogP contribution is -2.32. The number of ether oxygens (including phenoxy) is 1.